The lowest BCUT2D eigenvalue weighted by molar-refractivity contribution is 0.0950. The van der Waals surface area contributed by atoms with Crippen molar-refractivity contribution in [1.82, 2.24) is 34.8 Å². The summed E-state index contributed by atoms with van der Waals surface area (Å²) >= 11 is 0. The molecule has 110 valence electrons. The molecule has 0 fully saturated rings. The zero-order valence-corrected chi connectivity index (χ0v) is 11.7. The number of fused-ring (bicyclic) bond motifs is 1. The van der Waals surface area contributed by atoms with E-state index in [4.69, 9.17) is 0 Å². The fraction of sp³-hybridized carbons (Fsp3) is 0.214. The Labute approximate surface area is 125 Å². The van der Waals surface area contributed by atoms with Gasteiger partial charge in [0, 0.05) is 24.8 Å². The highest BCUT2D eigenvalue weighted by molar-refractivity contribution is 5.93. The largest absolute Gasteiger partial charge is 0.351 e. The zero-order chi connectivity index (χ0) is 14.9. The minimum Gasteiger partial charge on any atom is -0.351 e. The molecule has 0 spiro atoms. The Bertz CT molecular complexity index is 822. The van der Waals surface area contributed by atoms with Gasteiger partial charge < -0.3 is 5.32 Å². The van der Waals surface area contributed by atoms with Crippen LogP contribution in [-0.4, -0.2) is 42.0 Å². The summed E-state index contributed by atoms with van der Waals surface area (Å²) in [4.78, 5) is 20.2. The van der Waals surface area contributed by atoms with Crippen molar-refractivity contribution in [1.29, 1.82) is 0 Å². The van der Waals surface area contributed by atoms with E-state index in [9.17, 15) is 4.79 Å². The van der Waals surface area contributed by atoms with E-state index >= 15 is 0 Å². The molecule has 3 aromatic heterocycles. The summed E-state index contributed by atoms with van der Waals surface area (Å²) in [6, 6.07) is 5.54. The van der Waals surface area contributed by atoms with Gasteiger partial charge in [0.25, 0.3) is 5.91 Å². The lowest BCUT2D eigenvalue weighted by Crippen LogP contribution is -2.22. The van der Waals surface area contributed by atoms with Gasteiger partial charge in [0.15, 0.2) is 5.82 Å². The first kappa shape index (κ1) is 12.7. The molecule has 0 saturated carbocycles. The number of pyridine rings is 1. The van der Waals surface area contributed by atoms with Gasteiger partial charge >= 0.3 is 0 Å². The monoisotopic (exact) mass is 295 g/mol. The Hall–Kier alpha value is -3.03. The summed E-state index contributed by atoms with van der Waals surface area (Å²) in [6.45, 7) is 1.42. The maximum Gasteiger partial charge on any atom is 0.269 e. The van der Waals surface area contributed by atoms with Gasteiger partial charge in [-0.1, -0.05) is 0 Å². The van der Waals surface area contributed by atoms with Crippen LogP contribution < -0.4 is 5.32 Å². The quantitative estimate of drug-likeness (QED) is 0.750. The number of amides is 1. The van der Waals surface area contributed by atoms with E-state index in [1.807, 2.05) is 12.1 Å². The average Bonchev–Trinajstić information content (AvgIpc) is 3.19. The molecular weight excluding hydrogens is 282 g/mol. The molecule has 1 aliphatic heterocycles. The molecule has 0 radical (unpaired) electrons. The molecule has 8 nitrogen and oxygen atoms in total. The predicted octanol–water partition coefficient (Wildman–Crippen LogP) is 0.659. The molecule has 1 amide bonds. The van der Waals surface area contributed by atoms with Crippen LogP contribution in [0.5, 0.6) is 0 Å². The third kappa shape index (κ3) is 2.14. The molecule has 1 aliphatic rings. The number of hydrogen-bond donors (Lipinski definition) is 1. The topological polar surface area (TPSA) is 90.5 Å². The van der Waals surface area contributed by atoms with E-state index in [2.05, 4.69) is 25.5 Å². The van der Waals surface area contributed by atoms with Crippen molar-refractivity contribution >= 4 is 5.91 Å². The van der Waals surface area contributed by atoms with Crippen LogP contribution in [0.4, 0.5) is 0 Å². The van der Waals surface area contributed by atoms with E-state index < -0.39 is 0 Å². The fourth-order valence-corrected chi connectivity index (χ4v) is 2.46. The van der Waals surface area contributed by atoms with Gasteiger partial charge in [-0.2, -0.15) is 10.2 Å². The van der Waals surface area contributed by atoms with Crippen LogP contribution in [0.25, 0.3) is 17.1 Å². The highest BCUT2D eigenvalue weighted by atomic mass is 16.2. The van der Waals surface area contributed by atoms with Crippen LogP contribution in [0.2, 0.25) is 0 Å². The highest BCUT2D eigenvalue weighted by Crippen LogP contribution is 2.21. The third-order valence-corrected chi connectivity index (χ3v) is 3.54. The molecular formula is C14H13N7O. The SMILES string of the molecule is O=C1NCCCn2nc(-c3ccnc(-n4cncn4)c3)cc21. The number of rotatable bonds is 2. The second-order valence-corrected chi connectivity index (χ2v) is 4.99. The van der Waals surface area contributed by atoms with E-state index in [-0.39, 0.29) is 5.91 Å². The van der Waals surface area contributed by atoms with Crippen LogP contribution in [0.15, 0.2) is 37.1 Å². The molecule has 0 aromatic carbocycles. The van der Waals surface area contributed by atoms with Crippen molar-refractivity contribution in [3.8, 4) is 17.1 Å². The number of aryl methyl sites for hydroxylation is 1. The lowest BCUT2D eigenvalue weighted by Gasteiger charge is -2.02. The number of hydrogen-bond acceptors (Lipinski definition) is 5. The molecule has 4 heterocycles. The van der Waals surface area contributed by atoms with Gasteiger partial charge in [-0.3, -0.25) is 9.48 Å². The molecule has 4 rings (SSSR count). The molecule has 3 aromatic rings. The van der Waals surface area contributed by atoms with Crippen molar-refractivity contribution in [2.24, 2.45) is 0 Å². The highest BCUT2D eigenvalue weighted by Gasteiger charge is 2.18. The predicted molar refractivity (Wildman–Crippen MR) is 77.3 cm³/mol. The van der Waals surface area contributed by atoms with Crippen molar-refractivity contribution in [2.75, 3.05) is 6.54 Å². The zero-order valence-electron chi connectivity index (χ0n) is 11.7. The van der Waals surface area contributed by atoms with Crippen LogP contribution >= 0.6 is 0 Å². The molecule has 0 atom stereocenters. The minimum absolute atomic E-state index is 0.0817. The van der Waals surface area contributed by atoms with Gasteiger partial charge in [0.05, 0.1) is 5.69 Å². The summed E-state index contributed by atoms with van der Waals surface area (Å²) in [7, 11) is 0. The van der Waals surface area contributed by atoms with E-state index in [1.54, 1.807) is 28.0 Å². The molecule has 0 unspecified atom stereocenters. The van der Waals surface area contributed by atoms with Crippen LogP contribution in [-0.2, 0) is 6.54 Å². The standard InChI is InChI=1S/C14H13N7O/c22-14-12-7-11(19-20(12)5-1-3-17-14)10-2-4-16-13(6-10)21-9-15-8-18-21/h2,4,6-9H,1,3,5H2,(H,17,22). The van der Waals surface area contributed by atoms with Gasteiger partial charge in [0.2, 0.25) is 0 Å². The summed E-state index contributed by atoms with van der Waals surface area (Å²) < 4.78 is 3.34. The number of nitrogens with one attached hydrogen (secondary N) is 1. The average molecular weight is 295 g/mol. The van der Waals surface area contributed by atoms with Gasteiger partial charge in [0.1, 0.15) is 18.3 Å². The summed E-state index contributed by atoms with van der Waals surface area (Å²) in [5, 5.41) is 11.5. The molecule has 0 bridgehead atoms. The summed E-state index contributed by atoms with van der Waals surface area (Å²) in [5.41, 5.74) is 2.22. The molecule has 8 heteroatoms. The molecule has 0 aliphatic carbocycles. The van der Waals surface area contributed by atoms with Gasteiger partial charge in [-0.05, 0) is 24.6 Å². The normalized spacial score (nSPS) is 14.3. The number of carbonyl (C=O) groups excluding carboxylic acids is 1. The number of carbonyl (C=O) groups is 1. The van der Waals surface area contributed by atoms with E-state index in [0.29, 0.717) is 18.1 Å². The van der Waals surface area contributed by atoms with E-state index in [0.717, 1.165) is 24.2 Å². The van der Waals surface area contributed by atoms with Crippen molar-refractivity contribution in [2.45, 2.75) is 13.0 Å². The van der Waals surface area contributed by atoms with Gasteiger partial charge in [-0.15, -0.1) is 0 Å². The van der Waals surface area contributed by atoms with Crippen LogP contribution in [0.3, 0.4) is 0 Å². The fourth-order valence-electron chi connectivity index (χ4n) is 2.46. The smallest absolute Gasteiger partial charge is 0.269 e. The Balaban J connectivity index is 1.75. The molecule has 0 saturated heterocycles. The Morgan fingerprint density at radius 1 is 1.27 bits per heavy atom. The minimum atomic E-state index is -0.0817. The maximum atomic E-state index is 12.0. The first-order valence-corrected chi connectivity index (χ1v) is 6.99. The number of aromatic nitrogens is 6. The number of nitrogens with zero attached hydrogens (tertiary/aromatic N) is 6. The van der Waals surface area contributed by atoms with Crippen molar-refractivity contribution in [3.05, 3.63) is 42.7 Å². The Morgan fingerprint density at radius 2 is 2.23 bits per heavy atom. The third-order valence-electron chi connectivity index (χ3n) is 3.54. The first-order valence-electron chi connectivity index (χ1n) is 6.99. The summed E-state index contributed by atoms with van der Waals surface area (Å²) in [6.07, 6.45) is 5.61. The van der Waals surface area contributed by atoms with Gasteiger partial charge in [-0.25, -0.2) is 14.6 Å². The Morgan fingerprint density at radius 3 is 3.09 bits per heavy atom. The Kier molecular flexibility index (Phi) is 2.92. The maximum absolute atomic E-state index is 12.0. The lowest BCUT2D eigenvalue weighted by atomic mass is 10.2. The first-order chi connectivity index (χ1) is 10.8. The van der Waals surface area contributed by atoms with Crippen LogP contribution in [0, 0.1) is 0 Å². The molecule has 22 heavy (non-hydrogen) atoms. The second-order valence-electron chi connectivity index (χ2n) is 4.99. The van der Waals surface area contributed by atoms with Crippen LogP contribution in [0.1, 0.15) is 16.9 Å². The van der Waals surface area contributed by atoms with Crippen molar-refractivity contribution < 1.29 is 4.79 Å². The van der Waals surface area contributed by atoms with Crippen molar-refractivity contribution in [3.63, 3.8) is 0 Å². The molecule has 1 N–H and O–H groups in total. The summed E-state index contributed by atoms with van der Waals surface area (Å²) in [5.74, 6) is 0.574. The second kappa shape index (κ2) is 5.06. The van der Waals surface area contributed by atoms with E-state index in [1.165, 1.54) is 6.33 Å².